The van der Waals surface area contributed by atoms with Crippen LogP contribution in [-0.2, 0) is 11.4 Å². The van der Waals surface area contributed by atoms with Crippen LogP contribution >= 0.6 is 0 Å². The van der Waals surface area contributed by atoms with E-state index < -0.39 is 6.04 Å². The first-order valence-corrected chi connectivity index (χ1v) is 9.65. The largest absolute Gasteiger partial charge is 0.497 e. The van der Waals surface area contributed by atoms with Crippen LogP contribution in [0.4, 0.5) is 5.69 Å². The van der Waals surface area contributed by atoms with Crippen molar-refractivity contribution in [2.45, 2.75) is 19.6 Å². The lowest BCUT2D eigenvalue weighted by molar-refractivity contribution is -0.121. The number of benzene rings is 3. The van der Waals surface area contributed by atoms with Gasteiger partial charge >= 0.3 is 0 Å². The molecule has 0 heterocycles. The lowest BCUT2D eigenvalue weighted by atomic mass is 10.2. The number of hydrogen-bond donors (Lipinski definition) is 2. The average Bonchev–Trinajstić information content (AvgIpc) is 2.79. The van der Waals surface area contributed by atoms with Gasteiger partial charge in [-0.2, -0.15) is 5.10 Å². The van der Waals surface area contributed by atoms with E-state index in [4.69, 9.17) is 9.47 Å². The zero-order valence-electron chi connectivity index (χ0n) is 17.0. The van der Waals surface area contributed by atoms with Gasteiger partial charge in [-0.1, -0.05) is 42.5 Å². The summed E-state index contributed by atoms with van der Waals surface area (Å²) in [7, 11) is 1.61. The number of hydrogen-bond acceptors (Lipinski definition) is 5. The third-order valence-corrected chi connectivity index (χ3v) is 4.40. The summed E-state index contributed by atoms with van der Waals surface area (Å²) in [5, 5.41) is 7.21. The van der Waals surface area contributed by atoms with Gasteiger partial charge in [0.2, 0.25) is 0 Å². The van der Waals surface area contributed by atoms with Crippen LogP contribution in [0, 0.1) is 0 Å². The summed E-state index contributed by atoms with van der Waals surface area (Å²) in [6, 6.07) is 24.4. The second-order valence-corrected chi connectivity index (χ2v) is 6.64. The molecule has 0 aliphatic heterocycles. The van der Waals surface area contributed by atoms with Crippen LogP contribution in [0.15, 0.2) is 84.0 Å². The molecule has 154 valence electrons. The Bertz CT molecular complexity index is 973. The maximum absolute atomic E-state index is 12.3. The summed E-state index contributed by atoms with van der Waals surface area (Å²) >= 11 is 0. The highest BCUT2D eigenvalue weighted by molar-refractivity contribution is 5.87. The summed E-state index contributed by atoms with van der Waals surface area (Å²) in [6.07, 6.45) is 1.58. The fourth-order valence-electron chi connectivity index (χ4n) is 2.72. The predicted octanol–water partition coefficient (Wildman–Crippen LogP) is 4.22. The summed E-state index contributed by atoms with van der Waals surface area (Å²) in [5.74, 6) is 1.21. The number of carbonyl (C=O) groups is 1. The molecule has 0 saturated heterocycles. The summed E-state index contributed by atoms with van der Waals surface area (Å²) < 4.78 is 11.0. The smallest absolute Gasteiger partial charge is 0.262 e. The van der Waals surface area contributed by atoms with Crippen LogP contribution in [0.2, 0.25) is 0 Å². The molecule has 0 aliphatic carbocycles. The van der Waals surface area contributed by atoms with Gasteiger partial charge in [0.05, 0.1) is 13.3 Å². The molecule has 1 atom stereocenters. The number of amides is 1. The average molecular weight is 403 g/mol. The van der Waals surface area contributed by atoms with E-state index in [1.807, 2.05) is 78.9 Å². The van der Waals surface area contributed by atoms with E-state index in [9.17, 15) is 4.79 Å². The molecule has 0 fully saturated rings. The molecular formula is C24H25N3O3. The van der Waals surface area contributed by atoms with Crippen LogP contribution in [-0.4, -0.2) is 25.3 Å². The number of nitrogens with one attached hydrogen (secondary N) is 2. The molecule has 2 N–H and O–H groups in total. The standard InChI is InChI=1S/C24H25N3O3/c1-18(26-21-12-14-22(29-2)15-13-21)24(28)27-25-16-20-10-6-7-11-23(20)30-17-19-8-4-3-5-9-19/h3-16,18,26H,17H2,1-2H3,(H,27,28)/b25-16+. The van der Waals surface area contributed by atoms with Gasteiger partial charge in [0, 0.05) is 11.3 Å². The number of anilines is 1. The van der Waals surface area contributed by atoms with E-state index in [0.717, 1.165) is 22.6 Å². The Hall–Kier alpha value is -3.80. The van der Waals surface area contributed by atoms with E-state index in [-0.39, 0.29) is 5.91 Å². The molecule has 3 aromatic rings. The molecule has 0 aromatic heterocycles. The van der Waals surface area contributed by atoms with Gasteiger partial charge in [0.1, 0.15) is 24.1 Å². The van der Waals surface area contributed by atoms with Gasteiger partial charge in [-0.05, 0) is 48.9 Å². The molecule has 0 spiro atoms. The van der Waals surface area contributed by atoms with Crippen LogP contribution in [0.1, 0.15) is 18.1 Å². The van der Waals surface area contributed by atoms with Crippen LogP contribution in [0.3, 0.4) is 0 Å². The highest BCUT2D eigenvalue weighted by Gasteiger charge is 2.11. The zero-order valence-corrected chi connectivity index (χ0v) is 17.0. The topological polar surface area (TPSA) is 72.0 Å². The minimum Gasteiger partial charge on any atom is -0.497 e. The van der Waals surface area contributed by atoms with E-state index in [2.05, 4.69) is 15.8 Å². The maximum Gasteiger partial charge on any atom is 0.262 e. The van der Waals surface area contributed by atoms with Crippen molar-refractivity contribution >= 4 is 17.8 Å². The van der Waals surface area contributed by atoms with Gasteiger partial charge in [-0.25, -0.2) is 5.43 Å². The number of nitrogens with zero attached hydrogens (tertiary/aromatic N) is 1. The number of para-hydroxylation sites is 1. The minimum atomic E-state index is -0.458. The number of ether oxygens (including phenoxy) is 2. The predicted molar refractivity (Wildman–Crippen MR) is 119 cm³/mol. The molecule has 3 aromatic carbocycles. The Labute approximate surface area is 176 Å². The number of carbonyl (C=O) groups excluding carboxylic acids is 1. The fourth-order valence-corrected chi connectivity index (χ4v) is 2.72. The Morgan fingerprint density at radius 3 is 2.43 bits per heavy atom. The molecule has 1 amide bonds. The Balaban J connectivity index is 1.54. The van der Waals surface area contributed by atoms with Crippen molar-refractivity contribution in [3.05, 3.63) is 90.0 Å². The molecule has 0 radical (unpaired) electrons. The van der Waals surface area contributed by atoms with E-state index in [0.29, 0.717) is 12.4 Å². The van der Waals surface area contributed by atoms with Crippen LogP contribution in [0.25, 0.3) is 0 Å². The van der Waals surface area contributed by atoms with Gasteiger partial charge in [-0.15, -0.1) is 0 Å². The van der Waals surface area contributed by atoms with Crippen molar-refractivity contribution in [1.82, 2.24) is 5.43 Å². The molecule has 0 aliphatic rings. The highest BCUT2D eigenvalue weighted by atomic mass is 16.5. The molecule has 6 nitrogen and oxygen atoms in total. The van der Waals surface area contributed by atoms with Crippen molar-refractivity contribution in [3.8, 4) is 11.5 Å². The van der Waals surface area contributed by atoms with E-state index >= 15 is 0 Å². The quantitative estimate of drug-likeness (QED) is 0.414. The Morgan fingerprint density at radius 2 is 1.70 bits per heavy atom. The molecule has 1 unspecified atom stereocenters. The number of methoxy groups -OCH3 is 1. The van der Waals surface area contributed by atoms with Crippen molar-refractivity contribution < 1.29 is 14.3 Å². The lowest BCUT2D eigenvalue weighted by Gasteiger charge is -2.14. The lowest BCUT2D eigenvalue weighted by Crippen LogP contribution is -2.34. The first-order valence-electron chi connectivity index (χ1n) is 9.65. The second-order valence-electron chi connectivity index (χ2n) is 6.64. The van der Waals surface area contributed by atoms with Crippen LogP contribution in [0.5, 0.6) is 11.5 Å². The first kappa shape index (κ1) is 20.9. The fraction of sp³-hybridized carbons (Fsp3) is 0.167. The van der Waals surface area contributed by atoms with Gasteiger partial charge in [0.25, 0.3) is 5.91 Å². The highest BCUT2D eigenvalue weighted by Crippen LogP contribution is 2.18. The van der Waals surface area contributed by atoms with Crippen LogP contribution < -0.4 is 20.2 Å². The second kappa shape index (κ2) is 10.7. The summed E-state index contributed by atoms with van der Waals surface area (Å²) in [6.45, 7) is 2.23. The van der Waals surface area contributed by atoms with Gasteiger partial charge < -0.3 is 14.8 Å². The normalized spacial score (nSPS) is 11.7. The molecule has 0 saturated carbocycles. The molecule has 3 rings (SSSR count). The van der Waals surface area contributed by atoms with Crippen molar-refractivity contribution in [2.75, 3.05) is 12.4 Å². The van der Waals surface area contributed by atoms with Gasteiger partial charge in [0.15, 0.2) is 0 Å². The van der Waals surface area contributed by atoms with Crippen molar-refractivity contribution in [2.24, 2.45) is 5.10 Å². The van der Waals surface area contributed by atoms with E-state index in [1.54, 1.807) is 20.2 Å². The molecule has 0 bridgehead atoms. The zero-order chi connectivity index (χ0) is 21.2. The van der Waals surface area contributed by atoms with E-state index in [1.165, 1.54) is 0 Å². The maximum atomic E-state index is 12.3. The molecular weight excluding hydrogens is 378 g/mol. The molecule has 6 heteroatoms. The number of hydrazone groups is 1. The Kier molecular flexibility index (Phi) is 7.44. The van der Waals surface area contributed by atoms with Gasteiger partial charge in [-0.3, -0.25) is 4.79 Å². The SMILES string of the molecule is COc1ccc(NC(C)C(=O)N/N=C/c2ccccc2OCc2ccccc2)cc1. The molecule has 30 heavy (non-hydrogen) atoms. The first-order chi connectivity index (χ1) is 14.7. The third kappa shape index (κ3) is 6.10. The van der Waals surface area contributed by atoms with Crippen molar-refractivity contribution in [1.29, 1.82) is 0 Å². The van der Waals surface area contributed by atoms with Crippen molar-refractivity contribution in [3.63, 3.8) is 0 Å². The summed E-state index contributed by atoms with van der Waals surface area (Å²) in [4.78, 5) is 12.3. The third-order valence-electron chi connectivity index (χ3n) is 4.40. The summed E-state index contributed by atoms with van der Waals surface area (Å²) in [5.41, 5.74) is 5.25. The number of rotatable bonds is 9. The Morgan fingerprint density at radius 1 is 1.00 bits per heavy atom. The monoisotopic (exact) mass is 403 g/mol. The minimum absolute atomic E-state index is 0.246.